The normalized spacial score (nSPS) is 14.3. The number of hydrogen-bond donors (Lipinski definition) is 2. The van der Waals surface area contributed by atoms with Gasteiger partial charge in [-0.3, -0.25) is 9.59 Å². The fourth-order valence-electron chi connectivity index (χ4n) is 2.41. The Balaban J connectivity index is 1.60. The van der Waals surface area contributed by atoms with Crippen LogP contribution < -0.4 is 5.32 Å². The van der Waals surface area contributed by atoms with Crippen molar-refractivity contribution in [1.82, 2.24) is 25.3 Å². The van der Waals surface area contributed by atoms with Crippen molar-refractivity contribution in [2.24, 2.45) is 0 Å². The first-order chi connectivity index (χ1) is 10.6. The van der Waals surface area contributed by atoms with Gasteiger partial charge < -0.3 is 19.7 Å². The summed E-state index contributed by atoms with van der Waals surface area (Å²) >= 11 is 0. The quantitative estimate of drug-likeness (QED) is 0.872. The van der Waals surface area contributed by atoms with Crippen LogP contribution >= 0.6 is 0 Å². The van der Waals surface area contributed by atoms with Gasteiger partial charge in [0.15, 0.2) is 5.82 Å². The van der Waals surface area contributed by atoms with E-state index in [9.17, 15) is 9.59 Å². The summed E-state index contributed by atoms with van der Waals surface area (Å²) in [6, 6.07) is 1.56. The number of likely N-dealkylation sites (tertiary alicyclic amines) is 1. The molecule has 1 saturated heterocycles. The van der Waals surface area contributed by atoms with Crippen LogP contribution in [0.3, 0.4) is 0 Å². The van der Waals surface area contributed by atoms with Gasteiger partial charge >= 0.3 is 0 Å². The van der Waals surface area contributed by atoms with Crippen LogP contribution in [0.5, 0.6) is 0 Å². The van der Waals surface area contributed by atoms with Crippen molar-refractivity contribution in [2.45, 2.75) is 26.3 Å². The van der Waals surface area contributed by atoms with E-state index in [-0.39, 0.29) is 18.4 Å². The van der Waals surface area contributed by atoms with Crippen molar-refractivity contribution in [3.63, 3.8) is 0 Å². The van der Waals surface area contributed by atoms with E-state index in [2.05, 4.69) is 20.4 Å². The van der Waals surface area contributed by atoms with E-state index in [1.807, 2.05) is 0 Å². The van der Waals surface area contributed by atoms with Gasteiger partial charge in [-0.25, -0.2) is 0 Å². The minimum absolute atomic E-state index is 0.0657. The Labute approximate surface area is 126 Å². The maximum Gasteiger partial charge on any atom is 0.270 e. The van der Waals surface area contributed by atoms with Gasteiger partial charge in [0.1, 0.15) is 5.69 Å². The second-order valence-electron chi connectivity index (χ2n) is 5.22. The zero-order chi connectivity index (χ0) is 15.5. The van der Waals surface area contributed by atoms with Gasteiger partial charge in [0.2, 0.25) is 5.89 Å². The number of aryl methyl sites for hydroxylation is 1. The van der Waals surface area contributed by atoms with E-state index in [4.69, 9.17) is 4.52 Å². The lowest BCUT2D eigenvalue weighted by Gasteiger charge is -2.13. The first-order valence-electron chi connectivity index (χ1n) is 7.18. The molecule has 1 aliphatic rings. The number of H-pyrrole nitrogens is 1. The van der Waals surface area contributed by atoms with Gasteiger partial charge in [0, 0.05) is 19.3 Å². The van der Waals surface area contributed by atoms with Crippen LogP contribution in [-0.4, -0.2) is 44.9 Å². The summed E-state index contributed by atoms with van der Waals surface area (Å²) in [4.78, 5) is 32.9. The maximum atomic E-state index is 12.2. The molecule has 22 heavy (non-hydrogen) atoms. The Morgan fingerprint density at radius 3 is 2.86 bits per heavy atom. The van der Waals surface area contributed by atoms with Crippen LogP contribution in [0.25, 0.3) is 0 Å². The van der Waals surface area contributed by atoms with E-state index in [0.29, 0.717) is 23.0 Å². The lowest BCUT2D eigenvalue weighted by molar-refractivity contribution is 0.0787. The van der Waals surface area contributed by atoms with Crippen LogP contribution in [0.1, 0.15) is 45.4 Å². The Morgan fingerprint density at radius 1 is 1.41 bits per heavy atom. The third-order valence-corrected chi connectivity index (χ3v) is 3.54. The van der Waals surface area contributed by atoms with Gasteiger partial charge in [0.05, 0.1) is 12.1 Å². The van der Waals surface area contributed by atoms with Crippen LogP contribution in [0.4, 0.5) is 0 Å². The van der Waals surface area contributed by atoms with Gasteiger partial charge in [-0.15, -0.1) is 0 Å². The molecule has 0 bridgehead atoms. The summed E-state index contributed by atoms with van der Waals surface area (Å²) in [6.45, 7) is 3.41. The summed E-state index contributed by atoms with van der Waals surface area (Å²) in [5.74, 6) is 0.496. The summed E-state index contributed by atoms with van der Waals surface area (Å²) in [5.41, 5.74) is 0.833. The predicted octanol–water partition coefficient (Wildman–Crippen LogP) is 0.872. The third kappa shape index (κ3) is 3.00. The molecule has 0 aliphatic carbocycles. The van der Waals surface area contributed by atoms with Crippen molar-refractivity contribution < 1.29 is 14.1 Å². The summed E-state index contributed by atoms with van der Waals surface area (Å²) in [7, 11) is 0. The van der Waals surface area contributed by atoms with Crippen molar-refractivity contribution in [1.29, 1.82) is 0 Å². The number of carbonyl (C=O) groups is 2. The van der Waals surface area contributed by atoms with E-state index in [1.165, 1.54) is 6.20 Å². The smallest absolute Gasteiger partial charge is 0.270 e. The van der Waals surface area contributed by atoms with E-state index >= 15 is 0 Å². The minimum Gasteiger partial charge on any atom is -0.356 e. The second-order valence-corrected chi connectivity index (χ2v) is 5.22. The molecule has 0 spiro atoms. The molecule has 2 aromatic heterocycles. The first-order valence-corrected chi connectivity index (χ1v) is 7.18. The van der Waals surface area contributed by atoms with Gasteiger partial charge in [0.25, 0.3) is 11.8 Å². The SMILES string of the molecule is Cc1noc(CNC(=O)c2c[nH]c(C(=O)N3CCCC3)c2)n1. The number of rotatable bonds is 4. The lowest BCUT2D eigenvalue weighted by atomic mass is 10.2. The monoisotopic (exact) mass is 303 g/mol. The summed E-state index contributed by atoms with van der Waals surface area (Å²) in [6.07, 6.45) is 3.59. The number of hydrogen-bond acceptors (Lipinski definition) is 5. The van der Waals surface area contributed by atoms with Crippen LogP contribution in [-0.2, 0) is 6.54 Å². The Kier molecular flexibility index (Phi) is 3.90. The van der Waals surface area contributed by atoms with Crippen LogP contribution in [0, 0.1) is 6.92 Å². The second kappa shape index (κ2) is 6.00. The number of amides is 2. The Bertz CT molecular complexity index is 684. The minimum atomic E-state index is -0.299. The molecule has 1 fully saturated rings. The molecular formula is C14H17N5O3. The van der Waals surface area contributed by atoms with Crippen molar-refractivity contribution in [3.05, 3.63) is 35.2 Å². The van der Waals surface area contributed by atoms with Crippen molar-refractivity contribution in [2.75, 3.05) is 13.1 Å². The molecule has 0 unspecified atom stereocenters. The highest BCUT2D eigenvalue weighted by Crippen LogP contribution is 2.13. The fraction of sp³-hybridized carbons (Fsp3) is 0.429. The molecule has 116 valence electrons. The highest BCUT2D eigenvalue weighted by Gasteiger charge is 2.21. The molecule has 0 radical (unpaired) electrons. The van der Waals surface area contributed by atoms with Gasteiger partial charge in [-0.05, 0) is 25.8 Å². The zero-order valence-corrected chi connectivity index (χ0v) is 12.3. The van der Waals surface area contributed by atoms with Crippen molar-refractivity contribution >= 4 is 11.8 Å². The number of aromatic amines is 1. The first kappa shape index (κ1) is 14.3. The molecule has 3 heterocycles. The molecule has 1 aliphatic heterocycles. The summed E-state index contributed by atoms with van der Waals surface area (Å²) < 4.78 is 4.92. The molecule has 2 aromatic rings. The average Bonchev–Trinajstić information content (AvgIpc) is 3.25. The fourth-order valence-corrected chi connectivity index (χ4v) is 2.41. The average molecular weight is 303 g/mol. The van der Waals surface area contributed by atoms with E-state index < -0.39 is 0 Å². The molecule has 0 atom stereocenters. The highest BCUT2D eigenvalue weighted by atomic mass is 16.5. The number of nitrogens with zero attached hydrogens (tertiary/aromatic N) is 3. The van der Waals surface area contributed by atoms with E-state index in [0.717, 1.165) is 25.9 Å². The molecule has 2 N–H and O–H groups in total. The van der Waals surface area contributed by atoms with Crippen LogP contribution in [0.15, 0.2) is 16.8 Å². The summed E-state index contributed by atoms with van der Waals surface area (Å²) in [5, 5.41) is 6.32. The molecule has 2 amide bonds. The molecule has 0 aromatic carbocycles. The molecular weight excluding hydrogens is 286 g/mol. The van der Waals surface area contributed by atoms with Crippen LogP contribution in [0.2, 0.25) is 0 Å². The lowest BCUT2D eigenvalue weighted by Crippen LogP contribution is -2.27. The Hall–Kier alpha value is -2.64. The van der Waals surface area contributed by atoms with Crippen molar-refractivity contribution in [3.8, 4) is 0 Å². The number of aromatic nitrogens is 3. The highest BCUT2D eigenvalue weighted by molar-refractivity contribution is 5.99. The van der Waals surface area contributed by atoms with Gasteiger partial charge in [-0.1, -0.05) is 5.16 Å². The Morgan fingerprint density at radius 2 is 2.18 bits per heavy atom. The molecule has 3 rings (SSSR count). The number of carbonyl (C=O) groups excluding carboxylic acids is 2. The molecule has 8 nitrogen and oxygen atoms in total. The van der Waals surface area contributed by atoms with Gasteiger partial charge in [-0.2, -0.15) is 4.98 Å². The number of nitrogens with one attached hydrogen (secondary N) is 2. The zero-order valence-electron chi connectivity index (χ0n) is 12.3. The molecule has 8 heteroatoms. The largest absolute Gasteiger partial charge is 0.356 e. The topological polar surface area (TPSA) is 104 Å². The van der Waals surface area contributed by atoms with E-state index in [1.54, 1.807) is 17.9 Å². The molecule has 0 saturated carbocycles. The maximum absolute atomic E-state index is 12.2. The predicted molar refractivity (Wildman–Crippen MR) is 76.1 cm³/mol. The standard InChI is InChI=1S/C14H17N5O3/c1-9-17-12(22-18-9)8-16-13(20)10-6-11(15-7-10)14(21)19-4-2-3-5-19/h6-7,15H,2-5,8H2,1H3,(H,16,20). The third-order valence-electron chi connectivity index (χ3n) is 3.54.